The monoisotopic (exact) mass is 675 g/mol. The molecule has 34 heavy (non-hydrogen) atoms. The molecule has 2 N–H and O–H groups in total. The Balaban J connectivity index is 1.62. The number of hydrogen-bond donors (Lipinski definition) is 2. The van der Waals surface area contributed by atoms with E-state index in [1.165, 1.54) is 6.21 Å². The number of ether oxygens (including phenoxy) is 2. The Morgan fingerprint density at radius 3 is 2.59 bits per heavy atom. The van der Waals surface area contributed by atoms with Gasteiger partial charge in [-0.2, -0.15) is 5.10 Å². The largest absolute Gasteiger partial charge is 0.490 e. The van der Waals surface area contributed by atoms with Crippen molar-refractivity contribution in [1.29, 1.82) is 0 Å². The number of carbonyl (C=O) groups excluding carboxylic acids is 1. The smallest absolute Gasteiger partial charge is 0.259 e. The zero-order chi connectivity index (χ0) is 24.5. The summed E-state index contributed by atoms with van der Waals surface area (Å²) in [6, 6.07) is 16.6. The van der Waals surface area contributed by atoms with Crippen LogP contribution in [0, 0.1) is 3.57 Å². The molecule has 0 aliphatic carbocycles. The molecule has 0 spiro atoms. The second kappa shape index (κ2) is 13.2. The summed E-state index contributed by atoms with van der Waals surface area (Å²) in [7, 11) is 0. The first kappa shape index (κ1) is 26.6. The normalized spacial score (nSPS) is 10.9. The third-order valence-corrected chi connectivity index (χ3v) is 6.31. The average Bonchev–Trinajstić information content (AvgIpc) is 2.79. The van der Waals surface area contributed by atoms with Gasteiger partial charge in [-0.3, -0.25) is 4.79 Å². The van der Waals surface area contributed by atoms with Crippen LogP contribution >= 0.6 is 61.7 Å². The number of amides is 1. The number of anilines is 1. The zero-order valence-electron chi connectivity index (χ0n) is 18.1. The van der Waals surface area contributed by atoms with E-state index in [2.05, 4.69) is 54.4 Å². The topological polar surface area (TPSA) is 72.0 Å². The molecule has 0 atom stereocenters. The van der Waals surface area contributed by atoms with Crippen LogP contribution in [-0.2, 0) is 11.4 Å². The van der Waals surface area contributed by atoms with Crippen LogP contribution in [0.1, 0.15) is 18.1 Å². The number of carbonyl (C=O) groups is 1. The number of nitrogens with one attached hydrogen (secondary N) is 2. The Labute approximate surface area is 230 Å². The maximum Gasteiger partial charge on any atom is 0.259 e. The average molecular weight is 677 g/mol. The fourth-order valence-electron chi connectivity index (χ4n) is 2.82. The summed E-state index contributed by atoms with van der Waals surface area (Å²) < 4.78 is 13.5. The lowest BCUT2D eigenvalue weighted by Gasteiger charge is -2.15. The molecule has 3 aromatic rings. The molecule has 10 heteroatoms. The number of halogens is 4. The summed E-state index contributed by atoms with van der Waals surface area (Å²) in [5, 5.41) is 8.17. The summed E-state index contributed by atoms with van der Waals surface area (Å²) in [4.78, 5) is 12.1. The van der Waals surface area contributed by atoms with E-state index >= 15 is 0 Å². The quantitative estimate of drug-likeness (QED) is 0.139. The van der Waals surface area contributed by atoms with Crippen LogP contribution < -0.4 is 20.2 Å². The summed E-state index contributed by atoms with van der Waals surface area (Å²) in [6.45, 7) is 2.68. The minimum absolute atomic E-state index is 0.103. The SMILES string of the molecule is CCOc1cc(/C=N\NC(=O)CNc2ccc(I)cc2)cc(Br)c1OCc1ccc(Cl)cc1Cl. The van der Waals surface area contributed by atoms with E-state index in [9.17, 15) is 4.79 Å². The van der Waals surface area contributed by atoms with E-state index < -0.39 is 0 Å². The van der Waals surface area contributed by atoms with Crippen molar-refractivity contribution < 1.29 is 14.3 Å². The Morgan fingerprint density at radius 2 is 1.88 bits per heavy atom. The van der Waals surface area contributed by atoms with Crippen LogP contribution in [0.5, 0.6) is 11.5 Å². The standard InChI is InChI=1S/C24H21BrCl2IN3O3/c1-2-33-22-10-15(12-30-31-23(32)13-29-19-7-5-18(28)6-8-19)9-20(25)24(22)34-14-16-3-4-17(26)11-21(16)27/h3-12,29H,2,13-14H2,1H3,(H,31,32)/b30-12-. The molecule has 0 aliphatic rings. The van der Waals surface area contributed by atoms with Crippen molar-refractivity contribution in [3.63, 3.8) is 0 Å². The van der Waals surface area contributed by atoms with Crippen LogP contribution in [0.3, 0.4) is 0 Å². The molecular weight excluding hydrogens is 656 g/mol. The van der Waals surface area contributed by atoms with E-state index in [4.69, 9.17) is 32.7 Å². The molecule has 0 unspecified atom stereocenters. The van der Waals surface area contributed by atoms with Crippen LogP contribution in [0.25, 0.3) is 0 Å². The van der Waals surface area contributed by atoms with Crippen molar-refractivity contribution in [1.82, 2.24) is 5.43 Å². The molecular formula is C24H21BrCl2IN3O3. The summed E-state index contributed by atoms with van der Waals surface area (Å²) in [5.41, 5.74) is 4.89. The van der Waals surface area contributed by atoms with Crippen LogP contribution in [0.15, 0.2) is 64.2 Å². The van der Waals surface area contributed by atoms with E-state index in [1.54, 1.807) is 18.2 Å². The summed E-state index contributed by atoms with van der Waals surface area (Å²) >= 11 is 18.0. The molecule has 6 nitrogen and oxygen atoms in total. The Morgan fingerprint density at radius 1 is 1.12 bits per heavy atom. The molecule has 1 amide bonds. The number of hydrazone groups is 1. The lowest BCUT2D eigenvalue weighted by molar-refractivity contribution is -0.119. The fourth-order valence-corrected chi connectivity index (χ4v) is 4.22. The van der Waals surface area contributed by atoms with Crippen molar-refractivity contribution in [3.05, 3.63) is 83.8 Å². The van der Waals surface area contributed by atoms with Crippen LogP contribution in [0.4, 0.5) is 5.69 Å². The second-order valence-corrected chi connectivity index (χ2v) is 9.88. The maximum absolute atomic E-state index is 12.1. The third kappa shape index (κ3) is 8.04. The summed E-state index contributed by atoms with van der Waals surface area (Å²) in [6.07, 6.45) is 1.54. The van der Waals surface area contributed by atoms with E-state index in [1.807, 2.05) is 43.3 Å². The molecule has 3 aromatic carbocycles. The lowest BCUT2D eigenvalue weighted by atomic mass is 10.2. The molecule has 0 bridgehead atoms. The van der Waals surface area contributed by atoms with Crippen LogP contribution in [-0.4, -0.2) is 25.3 Å². The van der Waals surface area contributed by atoms with E-state index in [0.29, 0.717) is 32.6 Å². The van der Waals surface area contributed by atoms with Gasteiger partial charge in [-0.1, -0.05) is 29.3 Å². The van der Waals surface area contributed by atoms with Crippen molar-refractivity contribution in [3.8, 4) is 11.5 Å². The molecule has 178 valence electrons. The van der Waals surface area contributed by atoms with Gasteiger partial charge < -0.3 is 14.8 Å². The molecule has 0 fully saturated rings. The first-order chi connectivity index (χ1) is 16.4. The molecule has 0 aromatic heterocycles. The molecule has 0 radical (unpaired) electrons. The second-order valence-electron chi connectivity index (χ2n) is 6.94. The van der Waals surface area contributed by atoms with Gasteiger partial charge in [0.25, 0.3) is 5.91 Å². The zero-order valence-corrected chi connectivity index (χ0v) is 23.3. The van der Waals surface area contributed by atoms with E-state index in [-0.39, 0.29) is 19.1 Å². The Hall–Kier alpha value is -2.01. The minimum atomic E-state index is -0.265. The number of rotatable bonds is 10. The molecule has 0 aliphatic heterocycles. The minimum Gasteiger partial charge on any atom is -0.490 e. The van der Waals surface area contributed by atoms with Gasteiger partial charge >= 0.3 is 0 Å². The van der Waals surface area contributed by atoms with Gasteiger partial charge in [-0.05, 0) is 99.5 Å². The van der Waals surface area contributed by atoms with Crippen molar-refractivity contribution >= 4 is 79.5 Å². The first-order valence-electron chi connectivity index (χ1n) is 10.2. The first-order valence-corrected chi connectivity index (χ1v) is 12.8. The maximum atomic E-state index is 12.1. The fraction of sp³-hybridized carbons (Fsp3) is 0.167. The van der Waals surface area contributed by atoms with Crippen molar-refractivity contribution in [2.24, 2.45) is 5.10 Å². The van der Waals surface area contributed by atoms with Gasteiger partial charge in [-0.25, -0.2) is 5.43 Å². The Bertz CT molecular complexity index is 1180. The predicted octanol–water partition coefficient (Wildman–Crippen LogP) is 6.90. The van der Waals surface area contributed by atoms with E-state index in [0.717, 1.165) is 20.4 Å². The van der Waals surface area contributed by atoms with Gasteiger partial charge in [0.15, 0.2) is 11.5 Å². The summed E-state index contributed by atoms with van der Waals surface area (Å²) in [5.74, 6) is 0.810. The van der Waals surface area contributed by atoms with Gasteiger partial charge in [0, 0.05) is 24.9 Å². The third-order valence-electron chi connectivity index (χ3n) is 4.42. The number of nitrogens with zero attached hydrogens (tertiary/aromatic N) is 1. The molecule has 0 saturated carbocycles. The highest BCUT2D eigenvalue weighted by Gasteiger charge is 2.13. The highest BCUT2D eigenvalue weighted by atomic mass is 127. The van der Waals surface area contributed by atoms with Gasteiger partial charge in [0.2, 0.25) is 0 Å². The van der Waals surface area contributed by atoms with Gasteiger partial charge in [-0.15, -0.1) is 0 Å². The van der Waals surface area contributed by atoms with Crippen LogP contribution in [0.2, 0.25) is 10.0 Å². The van der Waals surface area contributed by atoms with Crippen molar-refractivity contribution in [2.75, 3.05) is 18.5 Å². The Kier molecular flexibility index (Phi) is 10.3. The van der Waals surface area contributed by atoms with Crippen molar-refractivity contribution in [2.45, 2.75) is 13.5 Å². The predicted molar refractivity (Wildman–Crippen MR) is 149 cm³/mol. The highest BCUT2D eigenvalue weighted by molar-refractivity contribution is 14.1. The molecule has 3 rings (SSSR count). The highest BCUT2D eigenvalue weighted by Crippen LogP contribution is 2.37. The number of hydrogen-bond acceptors (Lipinski definition) is 5. The molecule has 0 heterocycles. The lowest BCUT2D eigenvalue weighted by Crippen LogP contribution is -2.25. The molecule has 0 saturated heterocycles. The van der Waals surface area contributed by atoms with Gasteiger partial charge in [0.1, 0.15) is 6.61 Å². The number of benzene rings is 3. The van der Waals surface area contributed by atoms with Gasteiger partial charge in [0.05, 0.1) is 23.8 Å².